The second-order valence-corrected chi connectivity index (χ2v) is 20.2. The van der Waals surface area contributed by atoms with E-state index in [1.807, 2.05) is 0 Å². The van der Waals surface area contributed by atoms with Gasteiger partial charge >= 0.3 is 17.9 Å². The molecule has 77 heavy (non-hydrogen) atoms. The number of hydrogen-bond donors (Lipinski definition) is 0. The lowest BCUT2D eigenvalue weighted by Crippen LogP contribution is -2.30. The normalized spacial score (nSPS) is 13.1. The Labute approximate surface area is 474 Å². The number of carbonyl (C=O) groups is 3. The molecule has 0 heterocycles. The zero-order valence-electron chi connectivity index (χ0n) is 49.7. The summed E-state index contributed by atoms with van der Waals surface area (Å²) in [6, 6.07) is 0. The third kappa shape index (κ3) is 62.0. The number of ether oxygens (including phenoxy) is 3. The molecular weight excluding hydrogens is 949 g/mol. The molecule has 0 N–H and O–H groups in total. The predicted molar refractivity (Wildman–Crippen MR) is 334 cm³/mol. The molecule has 0 saturated carbocycles. The second-order valence-electron chi connectivity index (χ2n) is 20.2. The minimum atomic E-state index is -0.816. The zero-order chi connectivity index (χ0) is 55.7. The third-order valence-corrected chi connectivity index (χ3v) is 12.8. The van der Waals surface area contributed by atoms with Crippen molar-refractivity contribution in [1.82, 2.24) is 0 Å². The van der Waals surface area contributed by atoms with Gasteiger partial charge in [0.15, 0.2) is 6.10 Å². The van der Waals surface area contributed by atoms with Crippen LogP contribution in [0.15, 0.2) is 146 Å². The van der Waals surface area contributed by atoms with E-state index in [9.17, 15) is 14.4 Å². The van der Waals surface area contributed by atoms with Crippen LogP contribution in [-0.2, 0) is 28.6 Å². The summed E-state index contributed by atoms with van der Waals surface area (Å²) in [6.45, 7) is 6.42. The maximum Gasteiger partial charge on any atom is 0.306 e. The Hall–Kier alpha value is -4.71. The molecule has 1 atom stereocenters. The highest BCUT2D eigenvalue weighted by Gasteiger charge is 2.19. The van der Waals surface area contributed by atoms with E-state index in [2.05, 4.69) is 167 Å². The summed E-state index contributed by atoms with van der Waals surface area (Å²) in [4.78, 5) is 38.2. The Morgan fingerprint density at radius 2 is 0.519 bits per heavy atom. The highest BCUT2D eigenvalue weighted by Crippen LogP contribution is 2.14. The summed E-state index contributed by atoms with van der Waals surface area (Å²) in [5, 5.41) is 0. The van der Waals surface area contributed by atoms with E-state index < -0.39 is 6.10 Å². The van der Waals surface area contributed by atoms with Gasteiger partial charge in [0.1, 0.15) is 13.2 Å². The van der Waals surface area contributed by atoms with Gasteiger partial charge in [-0.2, -0.15) is 0 Å². The first-order chi connectivity index (χ1) is 38.0. The topological polar surface area (TPSA) is 78.9 Å². The molecule has 0 aromatic rings. The van der Waals surface area contributed by atoms with Crippen LogP contribution < -0.4 is 0 Å². The average Bonchev–Trinajstić information content (AvgIpc) is 3.43. The van der Waals surface area contributed by atoms with E-state index in [4.69, 9.17) is 14.2 Å². The molecule has 0 saturated heterocycles. The van der Waals surface area contributed by atoms with Gasteiger partial charge in [-0.25, -0.2) is 0 Å². The van der Waals surface area contributed by atoms with Crippen LogP contribution in [-0.4, -0.2) is 37.2 Å². The summed E-state index contributed by atoms with van der Waals surface area (Å²) < 4.78 is 16.8. The molecule has 0 aliphatic heterocycles. The fraction of sp³-hybridized carbons (Fsp3) is 0.620. The molecule has 0 spiro atoms. The monoisotopic (exact) mass is 1060 g/mol. The molecule has 6 nitrogen and oxygen atoms in total. The van der Waals surface area contributed by atoms with E-state index in [0.29, 0.717) is 19.3 Å². The molecule has 0 aliphatic rings. The average molecular weight is 1060 g/mol. The first-order valence-electron chi connectivity index (χ1n) is 31.3. The summed E-state index contributed by atoms with van der Waals surface area (Å²) in [5.74, 6) is -0.989. The van der Waals surface area contributed by atoms with Crippen LogP contribution in [0.4, 0.5) is 0 Å². The Morgan fingerprint density at radius 1 is 0.273 bits per heavy atom. The fourth-order valence-electron chi connectivity index (χ4n) is 8.11. The molecule has 0 aromatic heterocycles. The Morgan fingerprint density at radius 3 is 0.883 bits per heavy atom. The van der Waals surface area contributed by atoms with E-state index in [0.717, 1.165) is 128 Å². The molecule has 434 valence electrons. The SMILES string of the molecule is CC/C=C\C/C=C\C/C=C\C/C=C\C/C=C\C/C=C\C/C=C\C/C=C\C/C=C\CCCC(=O)OCC(COC(=O)CCCCCCC/C=C\CCCCCC)OC(=O)CCCCCCCCC/C=C\C/C=C\CCCCC. The molecule has 0 aliphatic carbocycles. The number of hydrogen-bond acceptors (Lipinski definition) is 6. The number of unbranched alkanes of at least 4 members (excludes halogenated alkanes) is 20. The lowest BCUT2D eigenvalue weighted by Gasteiger charge is -2.18. The maximum absolute atomic E-state index is 12.9. The van der Waals surface area contributed by atoms with Gasteiger partial charge in [0.25, 0.3) is 0 Å². The summed E-state index contributed by atoms with van der Waals surface area (Å²) in [7, 11) is 0. The number of esters is 3. The van der Waals surface area contributed by atoms with E-state index in [1.54, 1.807) is 0 Å². The van der Waals surface area contributed by atoms with Crippen molar-refractivity contribution in [1.29, 1.82) is 0 Å². The molecule has 0 amide bonds. The molecule has 0 fully saturated rings. The molecule has 6 heteroatoms. The first-order valence-corrected chi connectivity index (χ1v) is 31.3. The molecular formula is C71H114O6. The first kappa shape index (κ1) is 72.3. The predicted octanol–water partition coefficient (Wildman–Crippen LogP) is 21.5. The van der Waals surface area contributed by atoms with Crippen LogP contribution in [0.3, 0.4) is 0 Å². The van der Waals surface area contributed by atoms with Crippen molar-refractivity contribution in [2.24, 2.45) is 0 Å². The summed E-state index contributed by atoms with van der Waals surface area (Å²) in [6.07, 6.45) is 91.4. The highest BCUT2D eigenvalue weighted by molar-refractivity contribution is 5.71. The zero-order valence-corrected chi connectivity index (χ0v) is 49.7. The number of rotatable bonds is 55. The van der Waals surface area contributed by atoms with E-state index >= 15 is 0 Å². The molecule has 0 rings (SSSR count). The minimum absolute atomic E-state index is 0.108. The van der Waals surface area contributed by atoms with Crippen LogP contribution >= 0.6 is 0 Å². The Bertz CT molecular complexity index is 1700. The van der Waals surface area contributed by atoms with Gasteiger partial charge in [-0.05, 0) is 141 Å². The molecule has 0 aromatic carbocycles. The van der Waals surface area contributed by atoms with Gasteiger partial charge in [0.05, 0.1) is 0 Å². The van der Waals surface area contributed by atoms with Crippen LogP contribution in [0.2, 0.25) is 0 Å². The van der Waals surface area contributed by atoms with Crippen molar-refractivity contribution in [3.05, 3.63) is 146 Å². The number of carbonyl (C=O) groups excluding carboxylic acids is 3. The molecule has 0 radical (unpaired) electrons. The minimum Gasteiger partial charge on any atom is -0.462 e. The van der Waals surface area contributed by atoms with Crippen molar-refractivity contribution in [3.63, 3.8) is 0 Å². The Balaban J connectivity index is 4.46. The van der Waals surface area contributed by atoms with Crippen LogP contribution in [0.25, 0.3) is 0 Å². The summed E-state index contributed by atoms with van der Waals surface area (Å²) in [5.41, 5.74) is 0. The quantitative estimate of drug-likeness (QED) is 0.0261. The molecule has 1 unspecified atom stereocenters. The fourth-order valence-corrected chi connectivity index (χ4v) is 8.11. The van der Waals surface area contributed by atoms with Gasteiger partial charge in [0, 0.05) is 19.3 Å². The third-order valence-electron chi connectivity index (χ3n) is 12.8. The maximum atomic E-state index is 12.9. The van der Waals surface area contributed by atoms with Crippen molar-refractivity contribution >= 4 is 17.9 Å². The lowest BCUT2D eigenvalue weighted by molar-refractivity contribution is -0.167. The number of allylic oxidation sites excluding steroid dienone is 24. The van der Waals surface area contributed by atoms with Gasteiger partial charge in [-0.15, -0.1) is 0 Å². The van der Waals surface area contributed by atoms with Crippen LogP contribution in [0.5, 0.6) is 0 Å². The largest absolute Gasteiger partial charge is 0.462 e. The lowest BCUT2D eigenvalue weighted by atomic mass is 10.1. The van der Waals surface area contributed by atoms with Gasteiger partial charge in [-0.3, -0.25) is 14.4 Å². The van der Waals surface area contributed by atoms with Gasteiger partial charge in [0.2, 0.25) is 0 Å². The highest BCUT2D eigenvalue weighted by atomic mass is 16.6. The van der Waals surface area contributed by atoms with Crippen molar-refractivity contribution in [2.75, 3.05) is 13.2 Å². The van der Waals surface area contributed by atoms with Crippen molar-refractivity contribution in [2.45, 2.75) is 271 Å². The van der Waals surface area contributed by atoms with Crippen molar-refractivity contribution in [3.8, 4) is 0 Å². The second kappa shape index (κ2) is 63.8. The smallest absolute Gasteiger partial charge is 0.306 e. The standard InChI is InChI=1S/C71H114O6/c1-4-7-10-13-16-19-22-25-27-29-30-31-32-33-34-35-36-37-38-39-40-42-43-46-49-52-55-58-61-64-70(73)76-67-68(66-75-69(72)63-60-57-54-51-48-45-24-21-18-15-12-9-6-3)77-71(74)65-62-59-56-53-50-47-44-41-28-26-23-20-17-14-11-8-5-2/h7,10,16-17,19-21,24-28,30-31,33-34,36-37,39-40,43,46,52,55,68H,4-6,8-9,11-15,18,22-23,29,32,35,38,41-42,44-45,47-51,53-54,56-67H2,1-3H3/b10-7-,19-16-,20-17-,24-21-,27-25-,28-26-,31-30-,34-33-,37-36-,40-39-,46-43-,55-52-. The van der Waals surface area contributed by atoms with Gasteiger partial charge in [-0.1, -0.05) is 250 Å². The summed E-state index contributed by atoms with van der Waals surface area (Å²) >= 11 is 0. The molecule has 0 bridgehead atoms. The van der Waals surface area contributed by atoms with Gasteiger partial charge < -0.3 is 14.2 Å². The van der Waals surface area contributed by atoms with Crippen molar-refractivity contribution < 1.29 is 28.6 Å². The van der Waals surface area contributed by atoms with Crippen LogP contribution in [0, 0.1) is 0 Å². The van der Waals surface area contributed by atoms with E-state index in [-0.39, 0.29) is 37.5 Å². The van der Waals surface area contributed by atoms with E-state index in [1.165, 1.54) is 89.9 Å². The Kier molecular flexibility index (Phi) is 59.9. The van der Waals surface area contributed by atoms with Crippen LogP contribution in [0.1, 0.15) is 265 Å².